The second-order valence-corrected chi connectivity index (χ2v) is 6.56. The molecule has 0 atom stereocenters. The van der Waals surface area contributed by atoms with Crippen molar-refractivity contribution in [1.29, 1.82) is 0 Å². The van der Waals surface area contributed by atoms with Crippen molar-refractivity contribution in [3.8, 4) is 5.88 Å². The van der Waals surface area contributed by atoms with Crippen LogP contribution >= 0.6 is 0 Å². The number of fused-ring (bicyclic) bond motifs is 1. The third-order valence-electron chi connectivity index (χ3n) is 3.74. The quantitative estimate of drug-likeness (QED) is 0.582. The van der Waals surface area contributed by atoms with Crippen molar-refractivity contribution >= 4 is 22.7 Å². The van der Waals surface area contributed by atoms with Crippen LogP contribution in [0.1, 0.15) is 5.56 Å². The molecule has 0 bridgehead atoms. The number of rotatable bonds is 4. The van der Waals surface area contributed by atoms with Crippen LogP contribution < -0.4 is 9.64 Å². The van der Waals surface area contributed by atoms with Crippen molar-refractivity contribution in [2.24, 2.45) is 0 Å². The number of amides is 1. The molecule has 0 fully saturated rings. The highest BCUT2D eigenvalue weighted by Crippen LogP contribution is 2.38. The van der Waals surface area contributed by atoms with Crippen molar-refractivity contribution in [3.63, 3.8) is 0 Å². The molecule has 2 aromatic rings. The highest BCUT2D eigenvalue weighted by molar-refractivity contribution is 5.87. The molecule has 1 heterocycles. The van der Waals surface area contributed by atoms with Crippen molar-refractivity contribution < 1.29 is 49.0 Å². The van der Waals surface area contributed by atoms with Crippen LogP contribution in [-0.2, 0) is 6.18 Å². The first-order valence-electron chi connectivity index (χ1n) is 8.26. The van der Waals surface area contributed by atoms with E-state index in [0.717, 1.165) is 17.0 Å². The van der Waals surface area contributed by atoms with Gasteiger partial charge in [-0.1, -0.05) is 0 Å². The molecule has 1 aromatic carbocycles. The van der Waals surface area contributed by atoms with E-state index in [0.29, 0.717) is 12.1 Å². The maximum atomic E-state index is 13.5. The molecule has 0 N–H and O–H groups in total. The van der Waals surface area contributed by atoms with Gasteiger partial charge in [-0.3, -0.25) is 0 Å². The lowest BCUT2D eigenvalue weighted by atomic mass is 10.1. The fourth-order valence-corrected chi connectivity index (χ4v) is 2.53. The summed E-state index contributed by atoms with van der Waals surface area (Å²) in [5.74, 6) is -0.742. The van der Waals surface area contributed by atoms with Crippen LogP contribution in [0.2, 0.25) is 0 Å². The number of hydrogen-bond acceptors (Lipinski definition) is 4. The van der Waals surface area contributed by atoms with Gasteiger partial charge in [0.05, 0.1) is 11.1 Å². The zero-order chi connectivity index (χ0) is 23.8. The molecule has 0 aliphatic heterocycles. The van der Waals surface area contributed by atoms with Gasteiger partial charge >= 0.3 is 24.6 Å². The maximum absolute atomic E-state index is 13.5. The average Bonchev–Trinajstić information content (AvgIpc) is 2.56. The SMILES string of the molecule is CN(C)C(=O)Oc1cc(C(F)(F)F)c2cc(N(CC(F)(F)F)CC(F)(F)F)ccc2n1. The number of halogens is 9. The van der Waals surface area contributed by atoms with Crippen LogP contribution in [-0.4, -0.2) is 55.5 Å². The zero-order valence-corrected chi connectivity index (χ0v) is 15.8. The Hall–Kier alpha value is -2.93. The van der Waals surface area contributed by atoms with E-state index >= 15 is 0 Å². The maximum Gasteiger partial charge on any atom is 0.417 e. The number of alkyl halides is 9. The van der Waals surface area contributed by atoms with Crippen molar-refractivity contribution in [2.75, 3.05) is 32.1 Å². The second-order valence-electron chi connectivity index (χ2n) is 6.56. The van der Waals surface area contributed by atoms with Crippen LogP contribution in [0.25, 0.3) is 10.9 Å². The van der Waals surface area contributed by atoms with Crippen LogP contribution in [0.3, 0.4) is 0 Å². The first kappa shape index (κ1) is 24.3. The Morgan fingerprint density at radius 2 is 1.48 bits per heavy atom. The number of ether oxygens (including phenoxy) is 1. The van der Waals surface area contributed by atoms with E-state index in [1.807, 2.05) is 0 Å². The first-order valence-corrected chi connectivity index (χ1v) is 8.26. The summed E-state index contributed by atoms with van der Waals surface area (Å²) >= 11 is 0. The fourth-order valence-electron chi connectivity index (χ4n) is 2.53. The normalized spacial score (nSPS) is 12.7. The molecule has 5 nitrogen and oxygen atoms in total. The van der Waals surface area contributed by atoms with Crippen LogP contribution in [0.4, 0.5) is 50.0 Å². The lowest BCUT2D eigenvalue weighted by molar-refractivity contribution is -0.138. The molecule has 1 amide bonds. The van der Waals surface area contributed by atoms with Crippen molar-refractivity contribution in [2.45, 2.75) is 18.5 Å². The number of hydrogen-bond donors (Lipinski definition) is 0. The summed E-state index contributed by atoms with van der Waals surface area (Å²) in [4.78, 5) is 16.0. The molecule has 0 saturated carbocycles. The molecular formula is C17H14F9N3O2. The molecule has 0 unspecified atom stereocenters. The molecule has 1 aromatic heterocycles. The number of carbonyl (C=O) groups is 1. The van der Waals surface area contributed by atoms with Gasteiger partial charge in [0.25, 0.3) is 0 Å². The van der Waals surface area contributed by atoms with Gasteiger partial charge in [0.1, 0.15) is 13.1 Å². The summed E-state index contributed by atoms with van der Waals surface area (Å²) in [6, 6.07) is 2.45. The molecule has 172 valence electrons. The van der Waals surface area contributed by atoms with Crippen LogP contribution in [0.5, 0.6) is 5.88 Å². The van der Waals surface area contributed by atoms with E-state index < -0.39 is 65.7 Å². The van der Waals surface area contributed by atoms with E-state index in [2.05, 4.69) is 4.98 Å². The van der Waals surface area contributed by atoms with Gasteiger partial charge in [0.15, 0.2) is 0 Å². The van der Waals surface area contributed by atoms with E-state index in [1.165, 1.54) is 14.1 Å². The smallest absolute Gasteiger partial charge is 0.391 e. The van der Waals surface area contributed by atoms with Gasteiger partial charge in [-0.2, -0.15) is 39.5 Å². The number of carbonyl (C=O) groups excluding carboxylic acids is 1. The average molecular weight is 463 g/mol. The van der Waals surface area contributed by atoms with Crippen molar-refractivity contribution in [1.82, 2.24) is 9.88 Å². The van der Waals surface area contributed by atoms with E-state index in [-0.39, 0.29) is 4.90 Å². The van der Waals surface area contributed by atoms with Gasteiger partial charge < -0.3 is 14.5 Å². The Labute approximate surface area is 169 Å². The topological polar surface area (TPSA) is 45.7 Å². The molecule has 2 rings (SSSR count). The number of nitrogens with zero attached hydrogens (tertiary/aromatic N) is 3. The van der Waals surface area contributed by atoms with E-state index in [4.69, 9.17) is 4.74 Å². The van der Waals surface area contributed by atoms with Gasteiger partial charge in [0.2, 0.25) is 5.88 Å². The number of anilines is 1. The number of aromatic nitrogens is 1. The molecule has 14 heteroatoms. The van der Waals surface area contributed by atoms with Crippen LogP contribution in [0, 0.1) is 0 Å². The Morgan fingerprint density at radius 3 is 1.94 bits per heavy atom. The summed E-state index contributed by atoms with van der Waals surface area (Å²) in [6.07, 6.45) is -16.2. The van der Waals surface area contributed by atoms with Gasteiger partial charge in [-0.25, -0.2) is 9.78 Å². The largest absolute Gasteiger partial charge is 0.417 e. The van der Waals surface area contributed by atoms with E-state index in [9.17, 15) is 44.3 Å². The fraction of sp³-hybridized carbons (Fsp3) is 0.412. The lowest BCUT2D eigenvalue weighted by Gasteiger charge is -2.27. The standard InChI is InChI=1S/C17H14F9N3O2/c1-28(2)14(30)31-13-6-11(17(24,25)26)10-5-9(3-4-12(10)27-13)29(7-15(18,19)20)8-16(21,22)23/h3-6H,7-8H2,1-2H3. The Kier molecular flexibility index (Phi) is 6.52. The summed E-state index contributed by atoms with van der Waals surface area (Å²) in [5, 5.41) is -0.760. The molecule has 0 aliphatic rings. The highest BCUT2D eigenvalue weighted by Gasteiger charge is 2.38. The number of benzene rings is 1. The minimum Gasteiger partial charge on any atom is -0.391 e. The first-order chi connectivity index (χ1) is 14.0. The summed E-state index contributed by atoms with van der Waals surface area (Å²) in [7, 11) is 2.52. The van der Waals surface area contributed by atoms with Crippen molar-refractivity contribution in [3.05, 3.63) is 29.8 Å². The lowest BCUT2D eigenvalue weighted by Crippen LogP contribution is -2.40. The molecule has 0 aliphatic carbocycles. The Balaban J connectivity index is 2.62. The predicted octanol–water partition coefficient (Wildman–Crippen LogP) is 5.25. The van der Waals surface area contributed by atoms with Gasteiger partial charge in [-0.15, -0.1) is 0 Å². The van der Waals surface area contributed by atoms with Crippen LogP contribution in [0.15, 0.2) is 24.3 Å². The second kappa shape index (κ2) is 8.30. The monoisotopic (exact) mass is 463 g/mol. The third-order valence-corrected chi connectivity index (χ3v) is 3.74. The minimum absolute atomic E-state index is 0.139. The molecule has 0 saturated heterocycles. The molecular weight excluding hydrogens is 449 g/mol. The molecule has 0 radical (unpaired) electrons. The molecule has 0 spiro atoms. The predicted molar refractivity (Wildman–Crippen MR) is 90.8 cm³/mol. The summed E-state index contributed by atoms with van der Waals surface area (Å²) < 4.78 is 122. The number of pyridine rings is 1. The Morgan fingerprint density at radius 1 is 0.935 bits per heavy atom. The zero-order valence-electron chi connectivity index (χ0n) is 15.8. The highest BCUT2D eigenvalue weighted by atomic mass is 19.4. The van der Waals surface area contributed by atoms with E-state index in [1.54, 1.807) is 0 Å². The summed E-state index contributed by atoms with van der Waals surface area (Å²) in [5.41, 5.74) is -2.63. The third kappa shape index (κ3) is 6.79. The van der Waals surface area contributed by atoms with Gasteiger partial charge in [0, 0.05) is 31.2 Å². The molecule has 31 heavy (non-hydrogen) atoms. The minimum atomic E-state index is -5.07. The van der Waals surface area contributed by atoms with Gasteiger partial charge in [-0.05, 0) is 18.2 Å². The summed E-state index contributed by atoms with van der Waals surface area (Å²) in [6.45, 7) is -4.07. The Bertz CT molecular complexity index is 937.